The van der Waals surface area contributed by atoms with Gasteiger partial charge in [-0.3, -0.25) is 0 Å². The molecule has 1 aromatic heterocycles. The minimum atomic E-state index is -3.79. The van der Waals surface area contributed by atoms with Crippen molar-refractivity contribution in [2.45, 2.75) is 4.90 Å². The van der Waals surface area contributed by atoms with Gasteiger partial charge in [0.05, 0.1) is 17.7 Å². The maximum atomic E-state index is 12.4. The van der Waals surface area contributed by atoms with Gasteiger partial charge in [-0.15, -0.1) is 0 Å². The second-order valence-electron chi connectivity index (χ2n) is 5.59. The largest absolute Gasteiger partial charge is 0.497 e. The van der Waals surface area contributed by atoms with Crippen LogP contribution >= 0.6 is 0 Å². The standard InChI is InChI=1S/C19H18N4O3S/c1-26-17-8-3-14(4-9-17)2-7-16-12-13-21-19(22-16)23-27(24,25)18-10-5-15(20)6-11-18/h2-13H,20H2,1H3,(H,21,22,23)/b7-2+. The first-order valence-electron chi connectivity index (χ1n) is 8.00. The van der Waals surface area contributed by atoms with Crippen LogP contribution in [-0.4, -0.2) is 25.5 Å². The highest BCUT2D eigenvalue weighted by Gasteiger charge is 2.15. The number of nitrogens with zero attached hydrogens (tertiary/aromatic N) is 2. The monoisotopic (exact) mass is 382 g/mol. The lowest BCUT2D eigenvalue weighted by molar-refractivity contribution is 0.415. The average Bonchev–Trinajstić information content (AvgIpc) is 2.67. The number of ether oxygens (including phenoxy) is 1. The Hall–Kier alpha value is -3.39. The summed E-state index contributed by atoms with van der Waals surface area (Å²) in [5, 5.41) is 0. The van der Waals surface area contributed by atoms with Crippen LogP contribution in [0.4, 0.5) is 11.6 Å². The SMILES string of the molecule is COc1ccc(/C=C/c2ccnc(NS(=O)(=O)c3ccc(N)cc3)n2)cc1. The number of hydrogen-bond donors (Lipinski definition) is 2. The molecule has 0 aliphatic rings. The smallest absolute Gasteiger partial charge is 0.264 e. The summed E-state index contributed by atoms with van der Waals surface area (Å²) in [5.41, 5.74) is 7.59. The molecule has 7 nitrogen and oxygen atoms in total. The minimum Gasteiger partial charge on any atom is -0.497 e. The quantitative estimate of drug-likeness (QED) is 0.635. The van der Waals surface area contributed by atoms with Crippen LogP contribution in [0.1, 0.15) is 11.3 Å². The van der Waals surface area contributed by atoms with Crippen LogP contribution < -0.4 is 15.2 Å². The van der Waals surface area contributed by atoms with E-state index in [1.807, 2.05) is 30.3 Å². The Morgan fingerprint density at radius 1 is 1.00 bits per heavy atom. The predicted molar refractivity (Wildman–Crippen MR) is 106 cm³/mol. The molecule has 0 bridgehead atoms. The Labute approximate surface area is 157 Å². The van der Waals surface area contributed by atoms with Crippen LogP contribution in [-0.2, 0) is 10.0 Å². The van der Waals surface area contributed by atoms with Crippen molar-refractivity contribution in [1.82, 2.24) is 9.97 Å². The second-order valence-corrected chi connectivity index (χ2v) is 7.27. The van der Waals surface area contributed by atoms with Crippen molar-refractivity contribution in [2.24, 2.45) is 0 Å². The summed E-state index contributed by atoms with van der Waals surface area (Å²) < 4.78 is 32.3. The number of methoxy groups -OCH3 is 1. The molecule has 0 spiro atoms. The van der Waals surface area contributed by atoms with Gasteiger partial charge < -0.3 is 10.5 Å². The fourth-order valence-electron chi connectivity index (χ4n) is 2.24. The van der Waals surface area contributed by atoms with E-state index in [0.717, 1.165) is 11.3 Å². The zero-order chi connectivity index (χ0) is 19.3. The van der Waals surface area contributed by atoms with E-state index in [9.17, 15) is 8.42 Å². The van der Waals surface area contributed by atoms with Crippen molar-refractivity contribution in [3.63, 3.8) is 0 Å². The Kier molecular flexibility index (Phi) is 5.37. The molecule has 3 aromatic rings. The lowest BCUT2D eigenvalue weighted by Gasteiger charge is -2.07. The summed E-state index contributed by atoms with van der Waals surface area (Å²) in [5.74, 6) is 0.761. The van der Waals surface area contributed by atoms with E-state index in [4.69, 9.17) is 10.5 Å². The highest BCUT2D eigenvalue weighted by molar-refractivity contribution is 7.92. The zero-order valence-corrected chi connectivity index (χ0v) is 15.3. The van der Waals surface area contributed by atoms with Crippen LogP contribution in [0.2, 0.25) is 0 Å². The number of aromatic nitrogens is 2. The molecule has 0 unspecified atom stereocenters. The fourth-order valence-corrected chi connectivity index (χ4v) is 3.19. The van der Waals surface area contributed by atoms with Crippen LogP contribution in [0.15, 0.2) is 65.7 Å². The van der Waals surface area contributed by atoms with Gasteiger partial charge in [-0.05, 0) is 54.1 Å². The molecule has 0 aliphatic heterocycles. The maximum absolute atomic E-state index is 12.4. The molecule has 8 heteroatoms. The molecule has 2 aromatic carbocycles. The van der Waals surface area contributed by atoms with E-state index < -0.39 is 10.0 Å². The number of nitrogens with two attached hydrogens (primary N) is 1. The topological polar surface area (TPSA) is 107 Å². The van der Waals surface area contributed by atoms with Gasteiger partial charge in [0, 0.05) is 11.9 Å². The third-order valence-electron chi connectivity index (χ3n) is 3.66. The summed E-state index contributed by atoms with van der Waals surface area (Å²) in [4.78, 5) is 8.26. The van der Waals surface area contributed by atoms with Gasteiger partial charge in [-0.1, -0.05) is 18.2 Å². The number of nitrogen functional groups attached to an aromatic ring is 1. The second kappa shape index (κ2) is 7.88. The first-order valence-corrected chi connectivity index (χ1v) is 9.48. The Bertz CT molecular complexity index is 1050. The molecule has 1 heterocycles. The molecule has 138 valence electrons. The first-order chi connectivity index (χ1) is 13.0. The van der Waals surface area contributed by atoms with E-state index >= 15 is 0 Å². The van der Waals surface area contributed by atoms with Gasteiger partial charge in [-0.25, -0.2) is 23.1 Å². The van der Waals surface area contributed by atoms with Crippen molar-refractivity contribution in [1.29, 1.82) is 0 Å². The molecule has 3 rings (SSSR count). The molecule has 0 fully saturated rings. The average molecular weight is 382 g/mol. The number of sulfonamides is 1. The van der Waals surface area contributed by atoms with Crippen molar-refractivity contribution in [2.75, 3.05) is 17.6 Å². The van der Waals surface area contributed by atoms with Crippen LogP contribution in [0.5, 0.6) is 5.75 Å². The van der Waals surface area contributed by atoms with Gasteiger partial charge in [0.2, 0.25) is 5.95 Å². The van der Waals surface area contributed by atoms with Crippen molar-refractivity contribution >= 4 is 33.8 Å². The zero-order valence-electron chi connectivity index (χ0n) is 14.5. The van der Waals surface area contributed by atoms with E-state index in [1.54, 1.807) is 19.3 Å². The summed E-state index contributed by atoms with van der Waals surface area (Å²) >= 11 is 0. The normalized spacial score (nSPS) is 11.4. The van der Waals surface area contributed by atoms with E-state index in [2.05, 4.69) is 14.7 Å². The molecule has 0 radical (unpaired) electrons. The number of rotatable bonds is 6. The Balaban J connectivity index is 1.76. The van der Waals surface area contributed by atoms with Crippen molar-refractivity contribution in [3.05, 3.63) is 72.1 Å². The van der Waals surface area contributed by atoms with E-state index in [-0.39, 0.29) is 10.8 Å². The molecule has 0 aliphatic carbocycles. The maximum Gasteiger partial charge on any atom is 0.264 e. The number of benzene rings is 2. The minimum absolute atomic E-state index is 0.0105. The number of nitrogens with one attached hydrogen (secondary N) is 1. The highest BCUT2D eigenvalue weighted by atomic mass is 32.2. The lowest BCUT2D eigenvalue weighted by atomic mass is 10.2. The van der Waals surface area contributed by atoms with Gasteiger partial charge in [0.15, 0.2) is 0 Å². The molecule has 0 saturated heterocycles. The molecule has 0 atom stereocenters. The summed E-state index contributed by atoms with van der Waals surface area (Å²) in [6.45, 7) is 0. The molecular weight excluding hydrogens is 364 g/mol. The number of hydrogen-bond acceptors (Lipinski definition) is 6. The highest BCUT2D eigenvalue weighted by Crippen LogP contribution is 2.16. The fraction of sp³-hybridized carbons (Fsp3) is 0.0526. The summed E-state index contributed by atoms with van der Waals surface area (Å²) in [6, 6.07) is 15.1. The van der Waals surface area contributed by atoms with Gasteiger partial charge in [0.25, 0.3) is 10.0 Å². The van der Waals surface area contributed by atoms with Crippen molar-refractivity contribution in [3.8, 4) is 5.75 Å². The van der Waals surface area contributed by atoms with Gasteiger partial charge in [-0.2, -0.15) is 0 Å². The van der Waals surface area contributed by atoms with Crippen LogP contribution in [0.25, 0.3) is 12.2 Å². The summed E-state index contributed by atoms with van der Waals surface area (Å²) in [7, 11) is -2.18. The third-order valence-corrected chi connectivity index (χ3v) is 5.00. The van der Waals surface area contributed by atoms with Crippen LogP contribution in [0, 0.1) is 0 Å². The van der Waals surface area contributed by atoms with E-state index in [0.29, 0.717) is 11.4 Å². The molecular formula is C19H18N4O3S. The Morgan fingerprint density at radius 3 is 2.37 bits per heavy atom. The lowest BCUT2D eigenvalue weighted by Crippen LogP contribution is -2.15. The first kappa shape index (κ1) is 18.4. The molecule has 0 amide bonds. The van der Waals surface area contributed by atoms with E-state index in [1.165, 1.54) is 30.5 Å². The van der Waals surface area contributed by atoms with Crippen molar-refractivity contribution < 1.29 is 13.2 Å². The predicted octanol–water partition coefficient (Wildman–Crippen LogP) is 3.04. The Morgan fingerprint density at radius 2 is 1.70 bits per heavy atom. The molecule has 3 N–H and O–H groups in total. The van der Waals surface area contributed by atoms with Crippen LogP contribution in [0.3, 0.4) is 0 Å². The summed E-state index contributed by atoms with van der Waals surface area (Å²) in [6.07, 6.45) is 5.12. The van der Waals surface area contributed by atoms with Gasteiger partial charge >= 0.3 is 0 Å². The number of anilines is 2. The molecule has 27 heavy (non-hydrogen) atoms. The molecule has 0 saturated carbocycles. The van der Waals surface area contributed by atoms with Gasteiger partial charge in [0.1, 0.15) is 5.75 Å². The third kappa shape index (κ3) is 4.83.